The van der Waals surface area contributed by atoms with Crippen molar-refractivity contribution in [3.05, 3.63) is 16.7 Å². The lowest BCUT2D eigenvalue weighted by Crippen LogP contribution is -2.22. The Kier molecular flexibility index (Phi) is 5.15. The average Bonchev–Trinajstić information content (AvgIpc) is 3.06. The van der Waals surface area contributed by atoms with Gasteiger partial charge >= 0.3 is 7.60 Å². The van der Waals surface area contributed by atoms with Crippen molar-refractivity contribution < 1.29 is 28.2 Å². The molecule has 3 rings (SSSR count). The van der Waals surface area contributed by atoms with Crippen LogP contribution in [-0.4, -0.2) is 56.1 Å². The molecule has 0 saturated carbocycles. The van der Waals surface area contributed by atoms with Crippen molar-refractivity contribution in [3.63, 3.8) is 0 Å². The summed E-state index contributed by atoms with van der Waals surface area (Å²) >= 11 is 0. The molecule has 13 heteroatoms. The van der Waals surface area contributed by atoms with Crippen LogP contribution < -0.4 is 11.3 Å². The first kappa shape index (κ1) is 19.0. The number of nitrogen functional groups attached to an aromatic ring is 1. The van der Waals surface area contributed by atoms with E-state index in [2.05, 4.69) is 15.0 Å². The van der Waals surface area contributed by atoms with Gasteiger partial charge in [0, 0.05) is 6.54 Å². The number of H-pyrrole nitrogens is 1. The van der Waals surface area contributed by atoms with Gasteiger partial charge in [0.1, 0.15) is 13.0 Å². The smallest absolute Gasteiger partial charge is 0.355 e. The molecule has 2 aromatic heterocycles. The molecular weight excluding hydrogens is 369 g/mol. The molecule has 3 heterocycles. The summed E-state index contributed by atoms with van der Waals surface area (Å²) in [6.45, 7) is 3.73. The first-order chi connectivity index (χ1) is 12.2. The van der Waals surface area contributed by atoms with E-state index in [1.54, 1.807) is 18.4 Å². The summed E-state index contributed by atoms with van der Waals surface area (Å²) in [5, 5.41) is 0. The number of fused-ring (bicyclic) bond motifs is 1. The fourth-order valence-corrected chi connectivity index (χ4v) is 3.29. The van der Waals surface area contributed by atoms with Gasteiger partial charge in [0.2, 0.25) is 5.95 Å². The number of nitrogens with zero attached hydrogens (tertiary/aromatic N) is 3. The third kappa shape index (κ3) is 4.47. The maximum Gasteiger partial charge on any atom is 0.355 e. The van der Waals surface area contributed by atoms with Crippen LogP contribution in [0.15, 0.2) is 11.1 Å². The minimum atomic E-state index is -4.01. The zero-order chi connectivity index (χ0) is 18.9. The maximum atomic E-state index is 12.0. The van der Waals surface area contributed by atoms with E-state index in [4.69, 9.17) is 24.5 Å². The molecule has 0 aliphatic carbocycles. The summed E-state index contributed by atoms with van der Waals surface area (Å²) < 4.78 is 34.4. The Labute approximate surface area is 147 Å². The fraction of sp³-hybridized carbons (Fsp3) is 0.615. The second-order valence-electron chi connectivity index (χ2n) is 6.10. The van der Waals surface area contributed by atoms with E-state index in [1.165, 1.54) is 6.33 Å². The van der Waals surface area contributed by atoms with Crippen LogP contribution in [0.2, 0.25) is 0 Å². The molecule has 0 bridgehead atoms. The van der Waals surface area contributed by atoms with Gasteiger partial charge in [0.05, 0.1) is 12.9 Å². The fourth-order valence-electron chi connectivity index (χ4n) is 2.40. The van der Waals surface area contributed by atoms with Gasteiger partial charge in [-0.05, 0) is 13.8 Å². The van der Waals surface area contributed by atoms with Crippen LogP contribution in [0.25, 0.3) is 11.2 Å². The van der Waals surface area contributed by atoms with Crippen molar-refractivity contribution in [1.82, 2.24) is 19.5 Å². The molecule has 2 unspecified atom stereocenters. The van der Waals surface area contributed by atoms with E-state index >= 15 is 0 Å². The zero-order valence-corrected chi connectivity index (χ0v) is 15.1. The molecule has 0 amide bonds. The largest absolute Gasteiger partial charge is 0.369 e. The van der Waals surface area contributed by atoms with Gasteiger partial charge in [-0.3, -0.25) is 18.9 Å². The Morgan fingerprint density at radius 2 is 2.35 bits per heavy atom. The van der Waals surface area contributed by atoms with Gasteiger partial charge in [-0.2, -0.15) is 4.98 Å². The lowest BCUT2D eigenvalue weighted by Gasteiger charge is -2.19. The van der Waals surface area contributed by atoms with Crippen LogP contribution in [0.3, 0.4) is 0 Å². The molecule has 4 N–H and O–H groups in total. The third-order valence-corrected chi connectivity index (χ3v) is 4.56. The lowest BCUT2D eigenvalue weighted by molar-refractivity contribution is -0.168. The van der Waals surface area contributed by atoms with E-state index in [-0.39, 0.29) is 31.2 Å². The molecule has 2 aromatic rings. The normalized spacial score (nSPS) is 21.9. The minimum Gasteiger partial charge on any atom is -0.369 e. The van der Waals surface area contributed by atoms with Crippen LogP contribution in [0.1, 0.15) is 13.8 Å². The van der Waals surface area contributed by atoms with Crippen molar-refractivity contribution in [2.45, 2.75) is 32.5 Å². The SMILES string of the molecule is CC1(C)OCC(OP(=O)(O)COCCn2cnc3c(=O)[nH]c(N)nc32)O1. The summed E-state index contributed by atoms with van der Waals surface area (Å²) in [4.78, 5) is 31.8. The number of hydrogen-bond donors (Lipinski definition) is 3. The quantitative estimate of drug-likeness (QED) is 0.433. The lowest BCUT2D eigenvalue weighted by atomic mass is 10.4. The number of ether oxygens (including phenoxy) is 3. The highest BCUT2D eigenvalue weighted by molar-refractivity contribution is 7.52. The summed E-state index contributed by atoms with van der Waals surface area (Å²) in [7, 11) is -4.01. The maximum absolute atomic E-state index is 12.0. The number of nitrogens with two attached hydrogens (primary N) is 1. The molecule has 0 spiro atoms. The molecule has 2 atom stereocenters. The highest BCUT2D eigenvalue weighted by atomic mass is 31.2. The van der Waals surface area contributed by atoms with Gasteiger partial charge in [-0.1, -0.05) is 0 Å². The summed E-state index contributed by atoms with van der Waals surface area (Å²) in [6.07, 6.45) is -0.0343. The van der Waals surface area contributed by atoms with E-state index in [0.717, 1.165) is 0 Å². The van der Waals surface area contributed by atoms with Crippen molar-refractivity contribution in [2.75, 3.05) is 25.3 Å². The Bertz CT molecular complexity index is 895. The van der Waals surface area contributed by atoms with Gasteiger partial charge in [-0.25, -0.2) is 4.98 Å². The van der Waals surface area contributed by atoms with E-state index < -0.39 is 31.6 Å². The minimum absolute atomic E-state index is 0.0277. The average molecular weight is 389 g/mol. The monoisotopic (exact) mass is 389 g/mol. The molecule has 26 heavy (non-hydrogen) atoms. The molecule has 1 saturated heterocycles. The Morgan fingerprint density at radius 3 is 3.04 bits per heavy atom. The molecule has 1 fully saturated rings. The van der Waals surface area contributed by atoms with Crippen LogP contribution >= 0.6 is 7.60 Å². The van der Waals surface area contributed by atoms with Crippen LogP contribution in [0.5, 0.6) is 0 Å². The van der Waals surface area contributed by atoms with E-state index in [9.17, 15) is 14.3 Å². The summed E-state index contributed by atoms with van der Waals surface area (Å²) in [6, 6.07) is 0. The van der Waals surface area contributed by atoms with Crippen molar-refractivity contribution >= 4 is 24.7 Å². The van der Waals surface area contributed by atoms with Gasteiger partial charge in [0.15, 0.2) is 23.2 Å². The molecule has 144 valence electrons. The molecule has 1 aliphatic rings. The topological polar surface area (TPSA) is 164 Å². The molecular formula is C13H20N5O7P. The van der Waals surface area contributed by atoms with Crippen molar-refractivity contribution in [3.8, 4) is 0 Å². The molecule has 1 aliphatic heterocycles. The number of aromatic amines is 1. The van der Waals surface area contributed by atoms with E-state index in [0.29, 0.717) is 5.65 Å². The van der Waals surface area contributed by atoms with Gasteiger partial charge < -0.3 is 29.4 Å². The number of aromatic nitrogens is 4. The second kappa shape index (κ2) is 7.06. The van der Waals surface area contributed by atoms with Crippen LogP contribution in [0, 0.1) is 0 Å². The first-order valence-corrected chi connectivity index (χ1v) is 9.52. The molecule has 0 aromatic carbocycles. The highest BCUT2D eigenvalue weighted by Crippen LogP contribution is 2.45. The zero-order valence-electron chi connectivity index (χ0n) is 14.2. The summed E-state index contributed by atoms with van der Waals surface area (Å²) in [5.41, 5.74) is 5.52. The van der Waals surface area contributed by atoms with E-state index in [1.807, 2.05) is 0 Å². The van der Waals surface area contributed by atoms with Gasteiger partial charge in [-0.15, -0.1) is 0 Å². The van der Waals surface area contributed by atoms with Crippen LogP contribution in [0.4, 0.5) is 5.95 Å². The van der Waals surface area contributed by atoms with Crippen LogP contribution in [-0.2, 0) is 29.8 Å². The first-order valence-electron chi connectivity index (χ1n) is 7.76. The third-order valence-electron chi connectivity index (χ3n) is 3.49. The predicted molar refractivity (Wildman–Crippen MR) is 89.2 cm³/mol. The Morgan fingerprint density at radius 1 is 1.58 bits per heavy atom. The number of nitrogens with one attached hydrogen (secondary N) is 1. The number of anilines is 1. The molecule has 0 radical (unpaired) electrons. The predicted octanol–water partition coefficient (Wildman–Crippen LogP) is -0.0131. The number of imidazole rings is 1. The highest BCUT2D eigenvalue weighted by Gasteiger charge is 2.37. The van der Waals surface area contributed by atoms with Crippen molar-refractivity contribution in [1.29, 1.82) is 0 Å². The second-order valence-corrected chi connectivity index (χ2v) is 7.84. The standard InChI is InChI=1S/C13H20N5O7P/c1-13(2)23-5-8(24-13)25-26(20,21)7-22-4-3-18-6-15-9-10(18)16-12(14)17-11(9)19/h6,8H,3-5,7H2,1-2H3,(H,20,21)(H3,14,16,17,19). The Hall–Kier alpha value is -1.82. The number of hydrogen-bond acceptors (Lipinski definition) is 9. The Balaban J connectivity index is 1.51. The van der Waals surface area contributed by atoms with Crippen molar-refractivity contribution in [2.24, 2.45) is 0 Å². The number of rotatable bonds is 7. The molecule has 12 nitrogen and oxygen atoms in total. The summed E-state index contributed by atoms with van der Waals surface area (Å²) in [5.74, 6) is -0.888. The van der Waals surface area contributed by atoms with Gasteiger partial charge in [0.25, 0.3) is 5.56 Å².